The molecule has 1 fully saturated rings. The number of nitrogens with zero attached hydrogens (tertiary/aromatic N) is 1. The number of phenolic OH excluding ortho intramolecular Hbond substituents is 1. The molecule has 0 amide bonds. The third-order valence-corrected chi connectivity index (χ3v) is 4.85. The second-order valence-corrected chi connectivity index (χ2v) is 6.66. The van der Waals surface area contributed by atoms with Crippen LogP contribution in [0.15, 0.2) is 61.2 Å². The molecule has 1 heterocycles. The molecule has 28 heavy (non-hydrogen) atoms. The van der Waals surface area contributed by atoms with Gasteiger partial charge in [-0.3, -0.25) is 4.90 Å². The van der Waals surface area contributed by atoms with Crippen LogP contribution in [0.25, 0.3) is 0 Å². The summed E-state index contributed by atoms with van der Waals surface area (Å²) in [6, 6.07) is 16.0. The third kappa shape index (κ3) is 6.71. The number of halogens is 2. The van der Waals surface area contributed by atoms with E-state index in [-0.39, 0.29) is 30.9 Å². The highest BCUT2D eigenvalue weighted by Gasteiger charge is 2.24. The normalized spacial score (nSPS) is 15.0. The Morgan fingerprint density at radius 1 is 1.11 bits per heavy atom. The molecule has 3 rings (SSSR count). The molecule has 0 aromatic heterocycles. The van der Waals surface area contributed by atoms with Crippen LogP contribution in [0.3, 0.4) is 0 Å². The van der Waals surface area contributed by atoms with E-state index >= 15 is 0 Å². The van der Waals surface area contributed by atoms with Crippen molar-refractivity contribution in [2.24, 2.45) is 0 Å². The molecular formula is C22H30Cl2N2O2. The van der Waals surface area contributed by atoms with Gasteiger partial charge in [0.05, 0.1) is 0 Å². The predicted octanol–water partition coefficient (Wildman–Crippen LogP) is 4.73. The van der Waals surface area contributed by atoms with E-state index in [4.69, 9.17) is 4.74 Å². The van der Waals surface area contributed by atoms with E-state index in [2.05, 4.69) is 16.8 Å². The van der Waals surface area contributed by atoms with Crippen molar-refractivity contribution in [1.82, 2.24) is 10.2 Å². The van der Waals surface area contributed by atoms with Crippen LogP contribution in [0.1, 0.15) is 30.0 Å². The van der Waals surface area contributed by atoms with Gasteiger partial charge in [0.2, 0.25) is 0 Å². The number of allylic oxidation sites excluding steroid dienone is 1. The molecule has 1 aliphatic heterocycles. The second kappa shape index (κ2) is 12.7. The van der Waals surface area contributed by atoms with Gasteiger partial charge in [0.25, 0.3) is 0 Å². The fourth-order valence-corrected chi connectivity index (χ4v) is 3.44. The first-order chi connectivity index (χ1) is 12.8. The first kappa shape index (κ1) is 24.3. The number of rotatable bonds is 8. The molecular weight excluding hydrogens is 395 g/mol. The van der Waals surface area contributed by atoms with Crippen LogP contribution >= 0.6 is 24.8 Å². The Hall–Kier alpha value is -1.72. The van der Waals surface area contributed by atoms with E-state index in [1.54, 1.807) is 6.07 Å². The number of hydrogen-bond acceptors (Lipinski definition) is 4. The lowest BCUT2D eigenvalue weighted by molar-refractivity contribution is 0.163. The zero-order valence-corrected chi connectivity index (χ0v) is 17.7. The van der Waals surface area contributed by atoms with Crippen LogP contribution in [0.5, 0.6) is 11.5 Å². The minimum absolute atomic E-state index is 0. The van der Waals surface area contributed by atoms with Crippen LogP contribution in [-0.4, -0.2) is 36.2 Å². The zero-order valence-electron chi connectivity index (χ0n) is 16.0. The highest BCUT2D eigenvalue weighted by molar-refractivity contribution is 5.85. The minimum atomic E-state index is 0. The summed E-state index contributed by atoms with van der Waals surface area (Å²) in [6.07, 6.45) is 3.84. The summed E-state index contributed by atoms with van der Waals surface area (Å²) in [5.41, 5.74) is 2.08. The van der Waals surface area contributed by atoms with Gasteiger partial charge in [0.15, 0.2) is 0 Å². The summed E-state index contributed by atoms with van der Waals surface area (Å²) in [5.74, 6) is 1.00. The lowest BCUT2D eigenvalue weighted by Gasteiger charge is -2.35. The Kier molecular flexibility index (Phi) is 11.0. The summed E-state index contributed by atoms with van der Waals surface area (Å²) < 4.78 is 5.83. The van der Waals surface area contributed by atoms with Gasteiger partial charge in [-0.05, 0) is 24.5 Å². The lowest BCUT2D eigenvalue weighted by Crippen LogP contribution is -2.45. The highest BCUT2D eigenvalue weighted by Crippen LogP contribution is 2.35. The standard InChI is InChI=1S/C22H28N2O2.2ClH/c1-2-3-9-21(24-14-12-23-13-15-24)20-11-10-19(16-22(20)25)26-17-18-7-5-4-6-8-18;;/h2,4-8,10-11,16,21,23,25H,1,3,9,12-15,17H2;2*1H/t21-;;/m0../s1. The molecule has 0 saturated carbocycles. The van der Waals surface area contributed by atoms with Gasteiger partial charge in [-0.2, -0.15) is 0 Å². The molecule has 2 aromatic carbocycles. The second-order valence-electron chi connectivity index (χ2n) is 6.66. The average molecular weight is 425 g/mol. The topological polar surface area (TPSA) is 44.7 Å². The number of nitrogens with one attached hydrogen (secondary N) is 1. The van der Waals surface area contributed by atoms with Gasteiger partial charge in [-0.1, -0.05) is 42.5 Å². The number of piperazine rings is 1. The monoisotopic (exact) mass is 424 g/mol. The van der Waals surface area contributed by atoms with Gasteiger partial charge in [0, 0.05) is 43.9 Å². The number of phenols is 1. The van der Waals surface area contributed by atoms with Gasteiger partial charge >= 0.3 is 0 Å². The molecule has 1 atom stereocenters. The minimum Gasteiger partial charge on any atom is -0.507 e. The molecule has 4 nitrogen and oxygen atoms in total. The Balaban J connectivity index is 0.00000196. The molecule has 1 aliphatic rings. The van der Waals surface area contributed by atoms with E-state index in [1.807, 2.05) is 48.5 Å². The SMILES string of the molecule is C=CCC[C@@H](c1ccc(OCc2ccccc2)cc1O)N1CCNCC1.Cl.Cl. The number of aromatic hydroxyl groups is 1. The Morgan fingerprint density at radius 3 is 2.46 bits per heavy atom. The molecule has 0 unspecified atom stereocenters. The Bertz CT molecular complexity index is 707. The highest BCUT2D eigenvalue weighted by atomic mass is 35.5. The summed E-state index contributed by atoms with van der Waals surface area (Å²) in [4.78, 5) is 2.44. The third-order valence-electron chi connectivity index (χ3n) is 4.85. The van der Waals surface area contributed by atoms with Crippen molar-refractivity contribution in [3.05, 3.63) is 72.3 Å². The molecule has 2 N–H and O–H groups in total. The molecule has 0 radical (unpaired) electrons. The van der Waals surface area contributed by atoms with Gasteiger partial charge in [0.1, 0.15) is 18.1 Å². The molecule has 0 bridgehead atoms. The lowest BCUT2D eigenvalue weighted by atomic mass is 9.98. The van der Waals surface area contributed by atoms with Crippen molar-refractivity contribution < 1.29 is 9.84 Å². The van der Waals surface area contributed by atoms with E-state index in [0.29, 0.717) is 18.1 Å². The van der Waals surface area contributed by atoms with Crippen LogP contribution in [0, 0.1) is 0 Å². The largest absolute Gasteiger partial charge is 0.507 e. The Morgan fingerprint density at radius 2 is 1.82 bits per heavy atom. The fourth-order valence-electron chi connectivity index (χ4n) is 3.44. The fraction of sp³-hybridized carbons (Fsp3) is 0.364. The van der Waals surface area contributed by atoms with Crippen LogP contribution in [0.2, 0.25) is 0 Å². The molecule has 2 aromatic rings. The van der Waals surface area contributed by atoms with Crippen molar-refractivity contribution in [1.29, 1.82) is 0 Å². The van der Waals surface area contributed by atoms with E-state index < -0.39 is 0 Å². The molecule has 1 saturated heterocycles. The first-order valence-electron chi connectivity index (χ1n) is 9.33. The summed E-state index contributed by atoms with van der Waals surface area (Å²) in [6.45, 7) is 8.31. The van der Waals surface area contributed by atoms with E-state index in [9.17, 15) is 5.11 Å². The summed E-state index contributed by atoms with van der Waals surface area (Å²) >= 11 is 0. The first-order valence-corrected chi connectivity index (χ1v) is 9.33. The van der Waals surface area contributed by atoms with E-state index in [1.165, 1.54) is 0 Å². The Labute approximate surface area is 180 Å². The molecule has 154 valence electrons. The summed E-state index contributed by atoms with van der Waals surface area (Å²) in [7, 11) is 0. The molecule has 6 heteroatoms. The maximum absolute atomic E-state index is 10.6. The average Bonchev–Trinajstić information content (AvgIpc) is 2.69. The quantitative estimate of drug-likeness (QED) is 0.601. The van der Waals surface area contributed by atoms with Crippen molar-refractivity contribution in [2.45, 2.75) is 25.5 Å². The van der Waals surface area contributed by atoms with Crippen molar-refractivity contribution >= 4 is 24.8 Å². The number of hydrogen-bond donors (Lipinski definition) is 2. The van der Waals surface area contributed by atoms with Gasteiger partial charge in [-0.15, -0.1) is 31.4 Å². The van der Waals surface area contributed by atoms with Crippen LogP contribution < -0.4 is 10.1 Å². The smallest absolute Gasteiger partial charge is 0.124 e. The van der Waals surface area contributed by atoms with Gasteiger partial charge < -0.3 is 15.2 Å². The molecule has 0 spiro atoms. The zero-order chi connectivity index (χ0) is 18.2. The van der Waals surface area contributed by atoms with Gasteiger partial charge in [-0.25, -0.2) is 0 Å². The van der Waals surface area contributed by atoms with Crippen LogP contribution in [0.4, 0.5) is 0 Å². The maximum Gasteiger partial charge on any atom is 0.124 e. The summed E-state index contributed by atoms with van der Waals surface area (Å²) in [5, 5.41) is 14.0. The van der Waals surface area contributed by atoms with Crippen molar-refractivity contribution in [3.63, 3.8) is 0 Å². The van der Waals surface area contributed by atoms with Crippen LogP contribution in [-0.2, 0) is 6.61 Å². The maximum atomic E-state index is 10.6. The van der Waals surface area contributed by atoms with Crippen molar-refractivity contribution in [3.8, 4) is 11.5 Å². The van der Waals surface area contributed by atoms with E-state index in [0.717, 1.165) is 50.1 Å². The molecule has 0 aliphatic carbocycles. The number of benzene rings is 2. The number of ether oxygens (including phenoxy) is 1. The predicted molar refractivity (Wildman–Crippen MR) is 120 cm³/mol. The van der Waals surface area contributed by atoms with Crippen molar-refractivity contribution in [2.75, 3.05) is 26.2 Å².